The molecule has 0 aliphatic rings. The molecule has 1 atom stereocenters. The van der Waals surface area contributed by atoms with E-state index in [1.807, 2.05) is 27.7 Å². The number of ether oxygens (including phenoxy) is 1. The van der Waals surface area contributed by atoms with Gasteiger partial charge < -0.3 is 20.1 Å². The molecule has 6 heteroatoms. The lowest BCUT2D eigenvalue weighted by Crippen LogP contribution is -2.44. The van der Waals surface area contributed by atoms with Gasteiger partial charge in [-0.1, -0.05) is 13.8 Å². The van der Waals surface area contributed by atoms with Crippen LogP contribution in [0.15, 0.2) is 0 Å². The number of carbonyl (C=O) groups excluding carboxylic acids is 1. The molecule has 0 aliphatic carbocycles. The molecular weight excluding hydrogens is 260 g/mol. The van der Waals surface area contributed by atoms with Crippen LogP contribution in [-0.4, -0.2) is 54.9 Å². The van der Waals surface area contributed by atoms with Crippen LogP contribution in [0.1, 0.15) is 34.1 Å². The molecular formula is C14H28N2O4. The Bertz CT molecular complexity index is 295. The molecule has 0 bridgehead atoms. The summed E-state index contributed by atoms with van der Waals surface area (Å²) in [5.74, 6) is -1.12. The number of hydrogen-bond donors (Lipinski definition) is 2. The molecule has 0 radical (unpaired) electrons. The Hall–Kier alpha value is -1.30. The van der Waals surface area contributed by atoms with Crippen molar-refractivity contribution < 1.29 is 19.4 Å². The van der Waals surface area contributed by atoms with Gasteiger partial charge in [0.25, 0.3) is 0 Å². The lowest BCUT2D eigenvalue weighted by molar-refractivity contribution is -0.142. The molecule has 0 fully saturated rings. The smallest absolute Gasteiger partial charge is 0.317 e. The highest BCUT2D eigenvalue weighted by atomic mass is 16.5. The summed E-state index contributed by atoms with van der Waals surface area (Å²) in [6.45, 7) is 10.1. The first-order valence-electron chi connectivity index (χ1n) is 7.25. The lowest BCUT2D eigenvalue weighted by atomic mass is 9.97. The van der Waals surface area contributed by atoms with Gasteiger partial charge in [-0.2, -0.15) is 0 Å². The SMILES string of the molecule is CCOCCN(CC)C(=O)NCC(CC(C)C)C(=O)O. The fourth-order valence-electron chi connectivity index (χ4n) is 1.89. The number of aliphatic carboxylic acids is 1. The monoisotopic (exact) mass is 288 g/mol. The zero-order chi connectivity index (χ0) is 15.5. The number of likely N-dealkylation sites (N-methyl/N-ethyl adjacent to an activating group) is 1. The molecule has 0 spiro atoms. The van der Waals surface area contributed by atoms with Gasteiger partial charge in [-0.25, -0.2) is 4.79 Å². The summed E-state index contributed by atoms with van der Waals surface area (Å²) in [6.07, 6.45) is 0.556. The third kappa shape index (κ3) is 7.99. The Balaban J connectivity index is 4.23. The molecule has 0 saturated carbocycles. The normalized spacial score (nSPS) is 12.2. The van der Waals surface area contributed by atoms with E-state index in [2.05, 4.69) is 5.32 Å². The van der Waals surface area contributed by atoms with E-state index in [1.54, 1.807) is 4.90 Å². The minimum atomic E-state index is -0.864. The molecule has 0 heterocycles. The second-order valence-electron chi connectivity index (χ2n) is 5.13. The number of nitrogens with zero attached hydrogens (tertiary/aromatic N) is 1. The topological polar surface area (TPSA) is 78.9 Å². The largest absolute Gasteiger partial charge is 0.481 e. The summed E-state index contributed by atoms with van der Waals surface area (Å²) >= 11 is 0. The molecule has 1 unspecified atom stereocenters. The van der Waals surface area contributed by atoms with Crippen LogP contribution in [0.3, 0.4) is 0 Å². The molecule has 0 aromatic rings. The zero-order valence-corrected chi connectivity index (χ0v) is 13.0. The zero-order valence-electron chi connectivity index (χ0n) is 13.0. The summed E-state index contributed by atoms with van der Waals surface area (Å²) in [6, 6.07) is -0.234. The summed E-state index contributed by atoms with van der Waals surface area (Å²) in [5.41, 5.74) is 0. The Morgan fingerprint density at radius 3 is 2.40 bits per heavy atom. The third-order valence-corrected chi connectivity index (χ3v) is 2.98. The number of hydrogen-bond acceptors (Lipinski definition) is 3. The number of urea groups is 1. The molecule has 118 valence electrons. The van der Waals surface area contributed by atoms with Gasteiger partial charge in [0, 0.05) is 26.2 Å². The molecule has 0 aromatic heterocycles. The Kier molecular flexibility index (Phi) is 9.80. The summed E-state index contributed by atoms with van der Waals surface area (Å²) in [4.78, 5) is 24.7. The summed E-state index contributed by atoms with van der Waals surface area (Å²) in [7, 11) is 0. The highest BCUT2D eigenvalue weighted by Gasteiger charge is 2.20. The number of carbonyl (C=O) groups is 2. The minimum absolute atomic E-state index is 0.164. The van der Waals surface area contributed by atoms with Crippen LogP contribution in [0.2, 0.25) is 0 Å². The van der Waals surface area contributed by atoms with Crippen molar-refractivity contribution in [3.8, 4) is 0 Å². The molecule has 0 aromatic carbocycles. The van der Waals surface area contributed by atoms with Gasteiger partial charge >= 0.3 is 12.0 Å². The number of rotatable bonds is 10. The van der Waals surface area contributed by atoms with E-state index >= 15 is 0 Å². The first kappa shape index (κ1) is 18.7. The summed E-state index contributed by atoms with van der Waals surface area (Å²) < 4.78 is 5.22. The number of amides is 2. The number of carboxylic acid groups (broad SMARTS) is 1. The maximum absolute atomic E-state index is 11.9. The molecule has 0 rings (SSSR count). The van der Waals surface area contributed by atoms with Crippen LogP contribution < -0.4 is 5.32 Å². The van der Waals surface area contributed by atoms with Crippen LogP contribution in [-0.2, 0) is 9.53 Å². The van der Waals surface area contributed by atoms with E-state index in [9.17, 15) is 9.59 Å². The minimum Gasteiger partial charge on any atom is -0.481 e. The number of carboxylic acids is 1. The van der Waals surface area contributed by atoms with E-state index in [-0.39, 0.29) is 18.5 Å². The molecule has 0 aliphatic heterocycles. The van der Waals surface area contributed by atoms with E-state index in [0.717, 1.165) is 0 Å². The van der Waals surface area contributed by atoms with E-state index in [0.29, 0.717) is 32.7 Å². The van der Waals surface area contributed by atoms with Crippen molar-refractivity contribution in [2.75, 3.05) is 32.8 Å². The first-order chi connectivity index (χ1) is 9.42. The van der Waals surface area contributed by atoms with Gasteiger partial charge in [0.05, 0.1) is 12.5 Å². The van der Waals surface area contributed by atoms with Crippen molar-refractivity contribution in [3.05, 3.63) is 0 Å². The quantitative estimate of drug-likeness (QED) is 0.601. The highest BCUT2D eigenvalue weighted by molar-refractivity contribution is 5.76. The van der Waals surface area contributed by atoms with Crippen molar-refractivity contribution in [3.63, 3.8) is 0 Å². The van der Waals surface area contributed by atoms with E-state index in [1.165, 1.54) is 0 Å². The van der Waals surface area contributed by atoms with Gasteiger partial charge in [0.2, 0.25) is 0 Å². The van der Waals surface area contributed by atoms with Gasteiger partial charge in [-0.05, 0) is 26.2 Å². The average molecular weight is 288 g/mol. The Morgan fingerprint density at radius 2 is 1.95 bits per heavy atom. The van der Waals surface area contributed by atoms with E-state index in [4.69, 9.17) is 9.84 Å². The number of nitrogens with one attached hydrogen (secondary N) is 1. The van der Waals surface area contributed by atoms with Crippen LogP contribution in [0, 0.1) is 11.8 Å². The standard InChI is InChI=1S/C14H28N2O4/c1-5-16(7-8-20-6-2)14(19)15-10-12(13(17)18)9-11(3)4/h11-12H,5-10H2,1-4H3,(H,15,19)(H,17,18). The fourth-order valence-corrected chi connectivity index (χ4v) is 1.89. The predicted octanol–water partition coefficient (Wildman–Crippen LogP) is 1.80. The molecule has 0 saturated heterocycles. The first-order valence-corrected chi connectivity index (χ1v) is 7.25. The van der Waals surface area contributed by atoms with Crippen LogP contribution >= 0.6 is 0 Å². The van der Waals surface area contributed by atoms with Gasteiger partial charge in [0.1, 0.15) is 0 Å². The van der Waals surface area contributed by atoms with Crippen molar-refractivity contribution in [1.29, 1.82) is 0 Å². The summed E-state index contributed by atoms with van der Waals surface area (Å²) in [5, 5.41) is 11.8. The molecule has 2 N–H and O–H groups in total. The van der Waals surface area contributed by atoms with Crippen molar-refractivity contribution in [1.82, 2.24) is 10.2 Å². The maximum Gasteiger partial charge on any atom is 0.317 e. The van der Waals surface area contributed by atoms with Crippen LogP contribution in [0.25, 0.3) is 0 Å². The van der Waals surface area contributed by atoms with Crippen molar-refractivity contribution in [2.45, 2.75) is 34.1 Å². The van der Waals surface area contributed by atoms with Crippen LogP contribution in [0.5, 0.6) is 0 Å². The lowest BCUT2D eigenvalue weighted by Gasteiger charge is -2.23. The predicted molar refractivity (Wildman–Crippen MR) is 77.7 cm³/mol. The molecule has 6 nitrogen and oxygen atoms in total. The maximum atomic E-state index is 11.9. The highest BCUT2D eigenvalue weighted by Crippen LogP contribution is 2.11. The van der Waals surface area contributed by atoms with Crippen LogP contribution in [0.4, 0.5) is 4.79 Å². The Labute approximate surface area is 121 Å². The van der Waals surface area contributed by atoms with Gasteiger partial charge in [-0.3, -0.25) is 4.79 Å². The molecule has 20 heavy (non-hydrogen) atoms. The second-order valence-corrected chi connectivity index (χ2v) is 5.13. The van der Waals surface area contributed by atoms with Crippen molar-refractivity contribution >= 4 is 12.0 Å². The Morgan fingerprint density at radius 1 is 1.30 bits per heavy atom. The van der Waals surface area contributed by atoms with Gasteiger partial charge in [0.15, 0.2) is 0 Å². The van der Waals surface area contributed by atoms with Crippen molar-refractivity contribution in [2.24, 2.45) is 11.8 Å². The fraction of sp³-hybridized carbons (Fsp3) is 0.857. The molecule has 2 amide bonds. The van der Waals surface area contributed by atoms with E-state index < -0.39 is 11.9 Å². The second kappa shape index (κ2) is 10.5. The third-order valence-electron chi connectivity index (χ3n) is 2.98. The average Bonchev–Trinajstić information content (AvgIpc) is 2.38. The van der Waals surface area contributed by atoms with Gasteiger partial charge in [-0.15, -0.1) is 0 Å².